The van der Waals surface area contributed by atoms with Crippen LogP contribution in [0.2, 0.25) is 0 Å². The Morgan fingerprint density at radius 3 is 2.92 bits per heavy atom. The van der Waals surface area contributed by atoms with Gasteiger partial charge in [-0.2, -0.15) is 0 Å². The molecule has 0 saturated heterocycles. The van der Waals surface area contributed by atoms with Crippen LogP contribution >= 0.6 is 0 Å². The summed E-state index contributed by atoms with van der Waals surface area (Å²) in [5, 5.41) is 12.3. The fraction of sp³-hybridized carbons (Fsp3) is 0.273. The van der Waals surface area contributed by atoms with Gasteiger partial charge in [0, 0.05) is 0 Å². The quantitative estimate of drug-likeness (QED) is 0.737. The first-order valence-electron chi connectivity index (χ1n) is 4.36. The van der Waals surface area contributed by atoms with Gasteiger partial charge in [-0.05, 0) is 43.3 Å². The van der Waals surface area contributed by atoms with Crippen molar-refractivity contribution in [2.24, 2.45) is 0 Å². The Balaban J connectivity index is 2.66. The number of hydrogen-bond acceptors (Lipinski definition) is 2. The van der Waals surface area contributed by atoms with Crippen LogP contribution in [0.25, 0.3) is 5.57 Å². The van der Waals surface area contributed by atoms with E-state index >= 15 is 0 Å². The number of nitrogens with one attached hydrogen (secondary N) is 1. The number of phenolic OH excluding ortho intramolecular Hbond substituents is 1. The molecule has 0 atom stereocenters. The van der Waals surface area contributed by atoms with Gasteiger partial charge < -0.3 is 10.4 Å². The molecule has 0 radical (unpaired) electrons. The van der Waals surface area contributed by atoms with E-state index in [0.717, 1.165) is 24.1 Å². The van der Waals surface area contributed by atoms with Crippen molar-refractivity contribution in [3.8, 4) is 5.75 Å². The zero-order valence-electron chi connectivity index (χ0n) is 7.88. The number of rotatable bonds is 4. The van der Waals surface area contributed by atoms with E-state index in [-0.39, 0.29) is 0 Å². The molecule has 0 unspecified atom stereocenters. The van der Waals surface area contributed by atoms with Gasteiger partial charge in [0.2, 0.25) is 0 Å². The van der Waals surface area contributed by atoms with E-state index in [0.29, 0.717) is 5.75 Å². The summed E-state index contributed by atoms with van der Waals surface area (Å²) in [6.45, 7) is 4.86. The molecule has 0 saturated carbocycles. The van der Waals surface area contributed by atoms with Crippen LogP contribution in [0.4, 0.5) is 0 Å². The van der Waals surface area contributed by atoms with Gasteiger partial charge in [0.15, 0.2) is 0 Å². The van der Waals surface area contributed by atoms with E-state index in [4.69, 9.17) is 0 Å². The van der Waals surface area contributed by atoms with Gasteiger partial charge in [0.05, 0.1) is 0 Å². The monoisotopic (exact) mass is 177 g/mol. The standard InChI is InChI=1S/C11H15NO/c1-9(6-7-12-2)10-4-3-5-11(13)8-10/h3-5,8,12-13H,1,6-7H2,2H3. The molecule has 0 aliphatic rings. The second-order valence-corrected chi connectivity index (χ2v) is 3.01. The maximum atomic E-state index is 9.23. The van der Waals surface area contributed by atoms with Crippen LogP contribution in [0.1, 0.15) is 12.0 Å². The smallest absolute Gasteiger partial charge is 0.116 e. The third kappa shape index (κ3) is 2.92. The largest absolute Gasteiger partial charge is 0.508 e. The predicted octanol–water partition coefficient (Wildman–Crippen LogP) is 2.01. The minimum Gasteiger partial charge on any atom is -0.508 e. The lowest BCUT2D eigenvalue weighted by atomic mass is 10.0. The molecular formula is C11H15NO. The molecule has 2 heteroatoms. The van der Waals surface area contributed by atoms with Gasteiger partial charge >= 0.3 is 0 Å². The van der Waals surface area contributed by atoms with E-state index in [1.807, 2.05) is 19.2 Å². The highest BCUT2D eigenvalue weighted by Gasteiger charge is 1.98. The van der Waals surface area contributed by atoms with Crippen molar-refractivity contribution in [3.05, 3.63) is 36.4 Å². The lowest BCUT2D eigenvalue weighted by Crippen LogP contribution is -2.07. The predicted molar refractivity (Wildman–Crippen MR) is 55.7 cm³/mol. The van der Waals surface area contributed by atoms with Gasteiger partial charge in [-0.1, -0.05) is 18.7 Å². The Hall–Kier alpha value is -1.28. The molecule has 0 heterocycles. The lowest BCUT2D eigenvalue weighted by molar-refractivity contribution is 0.475. The minimum atomic E-state index is 0.295. The molecule has 0 spiro atoms. The van der Waals surface area contributed by atoms with E-state index in [1.165, 1.54) is 0 Å². The summed E-state index contributed by atoms with van der Waals surface area (Å²) in [5.74, 6) is 0.295. The highest BCUT2D eigenvalue weighted by atomic mass is 16.3. The Labute approximate surface area is 78.9 Å². The van der Waals surface area contributed by atoms with Crippen LogP contribution < -0.4 is 5.32 Å². The van der Waals surface area contributed by atoms with Crippen molar-refractivity contribution in [1.29, 1.82) is 0 Å². The Bertz CT molecular complexity index is 294. The normalized spacial score (nSPS) is 9.92. The molecule has 0 aromatic heterocycles. The van der Waals surface area contributed by atoms with Crippen LogP contribution in [0.3, 0.4) is 0 Å². The van der Waals surface area contributed by atoms with Crippen molar-refractivity contribution in [3.63, 3.8) is 0 Å². The van der Waals surface area contributed by atoms with Crippen LogP contribution in [0.15, 0.2) is 30.8 Å². The van der Waals surface area contributed by atoms with Gasteiger partial charge in [-0.3, -0.25) is 0 Å². The molecule has 13 heavy (non-hydrogen) atoms. The number of phenols is 1. The Morgan fingerprint density at radius 1 is 1.54 bits per heavy atom. The van der Waals surface area contributed by atoms with Crippen LogP contribution in [-0.2, 0) is 0 Å². The molecule has 0 amide bonds. The van der Waals surface area contributed by atoms with Gasteiger partial charge in [-0.15, -0.1) is 0 Å². The van der Waals surface area contributed by atoms with Crippen LogP contribution in [0.5, 0.6) is 5.75 Å². The number of benzene rings is 1. The summed E-state index contributed by atoms with van der Waals surface area (Å²) in [6.07, 6.45) is 0.903. The van der Waals surface area contributed by atoms with E-state index in [9.17, 15) is 5.11 Å². The summed E-state index contributed by atoms with van der Waals surface area (Å²) in [4.78, 5) is 0. The molecule has 70 valence electrons. The third-order valence-electron chi connectivity index (χ3n) is 1.93. The van der Waals surface area contributed by atoms with Crippen LogP contribution in [-0.4, -0.2) is 18.7 Å². The average molecular weight is 177 g/mol. The minimum absolute atomic E-state index is 0.295. The first kappa shape index (κ1) is 9.81. The van der Waals surface area contributed by atoms with Crippen molar-refractivity contribution in [2.75, 3.05) is 13.6 Å². The maximum absolute atomic E-state index is 9.23. The van der Waals surface area contributed by atoms with Gasteiger partial charge in [-0.25, -0.2) is 0 Å². The molecule has 1 aromatic rings. The SMILES string of the molecule is C=C(CCNC)c1cccc(O)c1. The molecule has 0 aliphatic carbocycles. The lowest BCUT2D eigenvalue weighted by Gasteiger charge is -2.05. The van der Waals surface area contributed by atoms with Gasteiger partial charge in [0.25, 0.3) is 0 Å². The zero-order chi connectivity index (χ0) is 9.68. The fourth-order valence-electron chi connectivity index (χ4n) is 1.15. The van der Waals surface area contributed by atoms with Crippen LogP contribution in [0, 0.1) is 0 Å². The van der Waals surface area contributed by atoms with Crippen molar-refractivity contribution in [1.82, 2.24) is 5.32 Å². The van der Waals surface area contributed by atoms with E-state index < -0.39 is 0 Å². The first-order chi connectivity index (χ1) is 6.24. The average Bonchev–Trinajstić information content (AvgIpc) is 2.14. The summed E-state index contributed by atoms with van der Waals surface area (Å²) in [6, 6.07) is 7.18. The molecule has 1 aromatic carbocycles. The second kappa shape index (κ2) is 4.67. The number of hydrogen-bond donors (Lipinski definition) is 2. The molecule has 1 rings (SSSR count). The third-order valence-corrected chi connectivity index (χ3v) is 1.93. The van der Waals surface area contributed by atoms with Crippen molar-refractivity contribution >= 4 is 5.57 Å². The first-order valence-corrected chi connectivity index (χ1v) is 4.36. The summed E-state index contributed by atoms with van der Waals surface area (Å²) in [5.41, 5.74) is 2.06. The summed E-state index contributed by atoms with van der Waals surface area (Å²) < 4.78 is 0. The topological polar surface area (TPSA) is 32.3 Å². The Morgan fingerprint density at radius 2 is 2.31 bits per heavy atom. The van der Waals surface area contributed by atoms with E-state index in [1.54, 1.807) is 12.1 Å². The second-order valence-electron chi connectivity index (χ2n) is 3.01. The summed E-state index contributed by atoms with van der Waals surface area (Å²) >= 11 is 0. The highest BCUT2D eigenvalue weighted by molar-refractivity contribution is 5.64. The molecule has 0 fully saturated rings. The molecular weight excluding hydrogens is 162 g/mol. The van der Waals surface area contributed by atoms with Crippen molar-refractivity contribution < 1.29 is 5.11 Å². The number of aromatic hydroxyl groups is 1. The highest BCUT2D eigenvalue weighted by Crippen LogP contribution is 2.19. The molecule has 0 bridgehead atoms. The summed E-state index contributed by atoms with van der Waals surface area (Å²) in [7, 11) is 1.91. The molecule has 2 nitrogen and oxygen atoms in total. The molecule has 0 aliphatic heterocycles. The van der Waals surface area contributed by atoms with Crippen molar-refractivity contribution in [2.45, 2.75) is 6.42 Å². The van der Waals surface area contributed by atoms with E-state index in [2.05, 4.69) is 11.9 Å². The fourth-order valence-corrected chi connectivity index (χ4v) is 1.15. The Kier molecular flexibility index (Phi) is 3.53. The van der Waals surface area contributed by atoms with Gasteiger partial charge in [0.1, 0.15) is 5.75 Å². The zero-order valence-corrected chi connectivity index (χ0v) is 7.88. The molecule has 2 N–H and O–H groups in total. The maximum Gasteiger partial charge on any atom is 0.116 e.